The summed E-state index contributed by atoms with van der Waals surface area (Å²) in [6.45, 7) is 3.54. The number of esters is 1. The van der Waals surface area contributed by atoms with Gasteiger partial charge in [0, 0.05) is 11.4 Å². The SMILES string of the molecule is CCOC(=O)C(C)(C#N)Cc1ccccc1Cl. The summed E-state index contributed by atoms with van der Waals surface area (Å²) in [5.41, 5.74) is -0.424. The summed E-state index contributed by atoms with van der Waals surface area (Å²) in [7, 11) is 0. The average molecular weight is 252 g/mol. The second kappa shape index (κ2) is 5.70. The Morgan fingerprint density at radius 3 is 2.71 bits per heavy atom. The largest absolute Gasteiger partial charge is 0.465 e. The fraction of sp³-hybridized carbons (Fsp3) is 0.385. The maximum absolute atomic E-state index is 11.7. The first kappa shape index (κ1) is 13.5. The lowest BCUT2D eigenvalue weighted by Crippen LogP contribution is -2.30. The molecular formula is C13H14ClNO2. The van der Waals surface area contributed by atoms with E-state index in [0.717, 1.165) is 5.56 Å². The average Bonchev–Trinajstić information content (AvgIpc) is 2.32. The summed E-state index contributed by atoms with van der Waals surface area (Å²) >= 11 is 6.01. The Labute approximate surface area is 106 Å². The number of halogens is 1. The molecule has 4 heteroatoms. The van der Waals surface area contributed by atoms with E-state index < -0.39 is 11.4 Å². The summed E-state index contributed by atoms with van der Waals surface area (Å²) in [5.74, 6) is -0.512. The molecule has 0 fully saturated rings. The van der Waals surface area contributed by atoms with Gasteiger partial charge in [0.2, 0.25) is 0 Å². The molecule has 3 nitrogen and oxygen atoms in total. The highest BCUT2D eigenvalue weighted by atomic mass is 35.5. The molecule has 1 rings (SSSR count). The monoisotopic (exact) mass is 251 g/mol. The van der Waals surface area contributed by atoms with Gasteiger partial charge in [0.1, 0.15) is 0 Å². The van der Waals surface area contributed by atoms with Crippen LogP contribution in [0.5, 0.6) is 0 Å². The van der Waals surface area contributed by atoms with Crippen molar-refractivity contribution in [2.75, 3.05) is 6.61 Å². The van der Waals surface area contributed by atoms with Crippen molar-refractivity contribution in [1.82, 2.24) is 0 Å². The topological polar surface area (TPSA) is 50.1 Å². The highest BCUT2D eigenvalue weighted by molar-refractivity contribution is 6.31. The van der Waals surface area contributed by atoms with Crippen LogP contribution < -0.4 is 0 Å². The van der Waals surface area contributed by atoms with E-state index in [1.165, 1.54) is 0 Å². The van der Waals surface area contributed by atoms with Crippen molar-refractivity contribution in [1.29, 1.82) is 5.26 Å². The normalized spacial score (nSPS) is 13.5. The molecule has 0 aliphatic rings. The van der Waals surface area contributed by atoms with Crippen LogP contribution in [0.1, 0.15) is 19.4 Å². The summed E-state index contributed by atoms with van der Waals surface area (Å²) in [6, 6.07) is 9.17. The number of rotatable bonds is 4. The van der Waals surface area contributed by atoms with Crippen molar-refractivity contribution >= 4 is 17.6 Å². The Hall–Kier alpha value is -1.53. The van der Waals surface area contributed by atoms with Crippen LogP contribution in [0, 0.1) is 16.7 Å². The minimum Gasteiger partial charge on any atom is -0.465 e. The number of carbonyl (C=O) groups excluding carboxylic acids is 1. The molecule has 0 bridgehead atoms. The summed E-state index contributed by atoms with van der Waals surface area (Å²) in [6.07, 6.45) is 0.252. The van der Waals surface area contributed by atoms with Gasteiger partial charge in [-0.25, -0.2) is 0 Å². The van der Waals surface area contributed by atoms with Gasteiger partial charge in [0.15, 0.2) is 5.41 Å². The van der Waals surface area contributed by atoms with Gasteiger partial charge in [-0.1, -0.05) is 29.8 Å². The maximum atomic E-state index is 11.7. The summed E-state index contributed by atoms with van der Waals surface area (Å²) in [5, 5.41) is 9.69. The van der Waals surface area contributed by atoms with Gasteiger partial charge in [-0.3, -0.25) is 4.79 Å². The van der Waals surface area contributed by atoms with Gasteiger partial charge in [-0.05, 0) is 25.5 Å². The van der Waals surface area contributed by atoms with Gasteiger partial charge in [0.05, 0.1) is 12.7 Å². The molecule has 1 atom stereocenters. The van der Waals surface area contributed by atoms with Crippen molar-refractivity contribution in [3.63, 3.8) is 0 Å². The third-order valence-electron chi connectivity index (χ3n) is 2.47. The van der Waals surface area contributed by atoms with Crippen molar-refractivity contribution in [3.05, 3.63) is 34.9 Å². The number of benzene rings is 1. The van der Waals surface area contributed by atoms with Crippen LogP contribution in [-0.2, 0) is 16.0 Å². The molecule has 0 amide bonds. The van der Waals surface area contributed by atoms with E-state index in [2.05, 4.69) is 0 Å². The molecule has 1 aromatic carbocycles. The molecule has 0 saturated heterocycles. The van der Waals surface area contributed by atoms with Crippen LogP contribution in [0.4, 0.5) is 0 Å². The predicted molar refractivity (Wildman–Crippen MR) is 65.5 cm³/mol. The van der Waals surface area contributed by atoms with Crippen molar-refractivity contribution in [2.45, 2.75) is 20.3 Å². The first-order valence-corrected chi connectivity index (χ1v) is 5.73. The van der Waals surface area contributed by atoms with Crippen molar-refractivity contribution in [3.8, 4) is 6.07 Å². The Morgan fingerprint density at radius 2 is 2.18 bits per heavy atom. The van der Waals surface area contributed by atoms with E-state index in [1.54, 1.807) is 32.0 Å². The molecule has 0 spiro atoms. The second-order valence-electron chi connectivity index (χ2n) is 3.93. The Morgan fingerprint density at radius 1 is 1.53 bits per heavy atom. The number of hydrogen-bond donors (Lipinski definition) is 0. The van der Waals surface area contributed by atoms with Crippen LogP contribution >= 0.6 is 11.6 Å². The predicted octanol–water partition coefficient (Wildman–Crippen LogP) is 2.98. The molecule has 0 aliphatic heterocycles. The second-order valence-corrected chi connectivity index (χ2v) is 4.34. The number of carbonyl (C=O) groups is 1. The minimum absolute atomic E-state index is 0.252. The molecule has 0 radical (unpaired) electrons. The molecule has 1 aromatic rings. The van der Waals surface area contributed by atoms with Gasteiger partial charge in [-0.15, -0.1) is 0 Å². The number of nitrogens with zero attached hydrogens (tertiary/aromatic N) is 1. The lowest BCUT2D eigenvalue weighted by molar-refractivity contribution is -0.151. The van der Waals surface area contributed by atoms with Gasteiger partial charge in [0.25, 0.3) is 0 Å². The lowest BCUT2D eigenvalue weighted by Gasteiger charge is -2.19. The third kappa shape index (κ3) is 3.21. The zero-order chi connectivity index (χ0) is 12.9. The van der Waals surface area contributed by atoms with Crippen LogP contribution in [0.15, 0.2) is 24.3 Å². The molecule has 0 saturated carbocycles. The fourth-order valence-electron chi connectivity index (χ4n) is 1.47. The Bertz CT molecular complexity index is 453. The van der Waals surface area contributed by atoms with Crippen LogP contribution in [0.25, 0.3) is 0 Å². The third-order valence-corrected chi connectivity index (χ3v) is 2.84. The molecular weight excluding hydrogens is 238 g/mol. The quantitative estimate of drug-likeness (QED) is 0.773. The number of nitriles is 1. The molecule has 0 N–H and O–H groups in total. The smallest absolute Gasteiger partial charge is 0.326 e. The molecule has 0 aliphatic carbocycles. The first-order valence-electron chi connectivity index (χ1n) is 5.35. The van der Waals surface area contributed by atoms with E-state index in [1.807, 2.05) is 12.1 Å². The van der Waals surface area contributed by atoms with Crippen LogP contribution in [-0.4, -0.2) is 12.6 Å². The summed E-state index contributed by atoms with van der Waals surface area (Å²) < 4.78 is 4.91. The van der Waals surface area contributed by atoms with E-state index in [4.69, 9.17) is 21.6 Å². The molecule has 17 heavy (non-hydrogen) atoms. The lowest BCUT2D eigenvalue weighted by atomic mass is 9.85. The zero-order valence-electron chi connectivity index (χ0n) is 9.87. The van der Waals surface area contributed by atoms with Gasteiger partial charge < -0.3 is 4.74 Å². The van der Waals surface area contributed by atoms with Gasteiger partial charge >= 0.3 is 5.97 Å². The number of ether oxygens (including phenoxy) is 1. The van der Waals surface area contributed by atoms with E-state index in [-0.39, 0.29) is 13.0 Å². The molecule has 1 unspecified atom stereocenters. The maximum Gasteiger partial charge on any atom is 0.326 e. The molecule has 90 valence electrons. The van der Waals surface area contributed by atoms with Crippen molar-refractivity contribution < 1.29 is 9.53 Å². The van der Waals surface area contributed by atoms with Crippen LogP contribution in [0.2, 0.25) is 5.02 Å². The van der Waals surface area contributed by atoms with E-state index in [9.17, 15) is 4.79 Å². The van der Waals surface area contributed by atoms with Crippen molar-refractivity contribution in [2.24, 2.45) is 5.41 Å². The highest BCUT2D eigenvalue weighted by Gasteiger charge is 2.35. The fourth-order valence-corrected chi connectivity index (χ4v) is 1.67. The zero-order valence-corrected chi connectivity index (χ0v) is 10.6. The molecule has 0 heterocycles. The Kier molecular flexibility index (Phi) is 4.53. The number of hydrogen-bond acceptors (Lipinski definition) is 3. The van der Waals surface area contributed by atoms with Gasteiger partial charge in [-0.2, -0.15) is 5.26 Å². The standard InChI is InChI=1S/C13H14ClNO2/c1-3-17-12(16)13(2,9-15)8-10-6-4-5-7-11(10)14/h4-7H,3,8H2,1-2H3. The van der Waals surface area contributed by atoms with E-state index in [0.29, 0.717) is 5.02 Å². The highest BCUT2D eigenvalue weighted by Crippen LogP contribution is 2.27. The van der Waals surface area contributed by atoms with Crippen LogP contribution in [0.3, 0.4) is 0 Å². The molecule has 0 aromatic heterocycles. The Balaban J connectivity index is 2.94. The summed E-state index contributed by atoms with van der Waals surface area (Å²) in [4.78, 5) is 11.7. The first-order chi connectivity index (χ1) is 8.03. The van der Waals surface area contributed by atoms with E-state index >= 15 is 0 Å². The minimum atomic E-state index is -1.19.